The molecule has 0 saturated carbocycles. The number of carboxylic acids is 1. The SMILES string of the molecule is O=C(O)CC(Br)Cc1ccc(Cl)c(Cl)c1. The molecule has 1 N–H and O–H groups in total. The second-order valence-corrected chi connectivity index (χ2v) is 5.26. The molecule has 15 heavy (non-hydrogen) atoms. The van der Waals surface area contributed by atoms with Crippen LogP contribution in [0.3, 0.4) is 0 Å². The van der Waals surface area contributed by atoms with Crippen LogP contribution in [0.15, 0.2) is 18.2 Å². The Hall–Kier alpha value is -0.250. The smallest absolute Gasteiger partial charge is 0.304 e. The molecule has 0 fully saturated rings. The van der Waals surface area contributed by atoms with E-state index in [1.54, 1.807) is 12.1 Å². The highest BCUT2D eigenvalue weighted by molar-refractivity contribution is 9.09. The molecule has 1 atom stereocenters. The van der Waals surface area contributed by atoms with Gasteiger partial charge < -0.3 is 5.11 Å². The summed E-state index contributed by atoms with van der Waals surface area (Å²) in [5, 5.41) is 9.58. The lowest BCUT2D eigenvalue weighted by molar-refractivity contribution is -0.136. The van der Waals surface area contributed by atoms with Crippen LogP contribution in [0, 0.1) is 0 Å². The van der Waals surface area contributed by atoms with E-state index in [4.69, 9.17) is 28.3 Å². The summed E-state index contributed by atoms with van der Waals surface area (Å²) in [4.78, 5) is 10.4. The number of carboxylic acid groups (broad SMARTS) is 1. The van der Waals surface area contributed by atoms with Gasteiger partial charge in [0.25, 0.3) is 0 Å². The molecule has 1 unspecified atom stereocenters. The van der Waals surface area contributed by atoms with Gasteiger partial charge in [0.1, 0.15) is 0 Å². The van der Waals surface area contributed by atoms with Crippen LogP contribution in [0.1, 0.15) is 12.0 Å². The molecule has 0 aliphatic heterocycles. The number of hydrogen-bond acceptors (Lipinski definition) is 1. The van der Waals surface area contributed by atoms with E-state index in [0.717, 1.165) is 5.56 Å². The van der Waals surface area contributed by atoms with E-state index in [2.05, 4.69) is 15.9 Å². The van der Waals surface area contributed by atoms with Crippen LogP contribution in [-0.2, 0) is 11.2 Å². The lowest BCUT2D eigenvalue weighted by Gasteiger charge is -2.07. The van der Waals surface area contributed by atoms with Gasteiger partial charge in [-0.2, -0.15) is 0 Å². The average Bonchev–Trinajstić information content (AvgIpc) is 2.10. The molecule has 5 heteroatoms. The van der Waals surface area contributed by atoms with E-state index in [9.17, 15) is 4.79 Å². The zero-order chi connectivity index (χ0) is 11.4. The highest BCUT2D eigenvalue weighted by Crippen LogP contribution is 2.24. The predicted molar refractivity (Wildman–Crippen MR) is 65.1 cm³/mol. The van der Waals surface area contributed by atoms with E-state index in [-0.39, 0.29) is 11.2 Å². The van der Waals surface area contributed by atoms with Crippen molar-refractivity contribution in [2.75, 3.05) is 0 Å². The molecule has 0 spiro atoms. The Labute approximate surface area is 106 Å². The third kappa shape index (κ3) is 4.41. The first-order chi connectivity index (χ1) is 6.99. The molecule has 0 aliphatic rings. The molecule has 0 bridgehead atoms. The van der Waals surface area contributed by atoms with Crippen molar-refractivity contribution in [2.45, 2.75) is 17.7 Å². The van der Waals surface area contributed by atoms with Gasteiger partial charge in [-0.05, 0) is 24.1 Å². The molecule has 0 heterocycles. The summed E-state index contributed by atoms with van der Waals surface area (Å²) in [5.41, 5.74) is 0.965. The number of hydrogen-bond donors (Lipinski definition) is 1. The summed E-state index contributed by atoms with van der Waals surface area (Å²) >= 11 is 14.9. The van der Waals surface area contributed by atoms with E-state index in [0.29, 0.717) is 16.5 Å². The Balaban J connectivity index is 2.64. The highest BCUT2D eigenvalue weighted by atomic mass is 79.9. The van der Waals surface area contributed by atoms with Crippen LogP contribution in [0.25, 0.3) is 0 Å². The zero-order valence-corrected chi connectivity index (χ0v) is 10.8. The summed E-state index contributed by atoms with van der Waals surface area (Å²) in [6, 6.07) is 5.30. The van der Waals surface area contributed by atoms with Crippen LogP contribution in [-0.4, -0.2) is 15.9 Å². The molecule has 2 nitrogen and oxygen atoms in total. The van der Waals surface area contributed by atoms with Gasteiger partial charge in [0.2, 0.25) is 0 Å². The minimum Gasteiger partial charge on any atom is -0.481 e. The first kappa shape index (κ1) is 12.8. The van der Waals surface area contributed by atoms with Crippen LogP contribution < -0.4 is 0 Å². The normalized spacial score (nSPS) is 12.5. The quantitative estimate of drug-likeness (QED) is 0.859. The fourth-order valence-corrected chi connectivity index (χ4v) is 2.16. The largest absolute Gasteiger partial charge is 0.481 e. The number of aliphatic carboxylic acids is 1. The predicted octanol–water partition coefficient (Wildman–Crippen LogP) is 3.77. The van der Waals surface area contributed by atoms with Crippen molar-refractivity contribution in [2.24, 2.45) is 0 Å². The van der Waals surface area contributed by atoms with Crippen molar-refractivity contribution in [3.63, 3.8) is 0 Å². The number of benzene rings is 1. The van der Waals surface area contributed by atoms with Crippen LogP contribution in [0.2, 0.25) is 10.0 Å². The minimum atomic E-state index is -0.822. The van der Waals surface area contributed by atoms with Crippen molar-refractivity contribution in [1.29, 1.82) is 0 Å². The second kappa shape index (κ2) is 5.73. The van der Waals surface area contributed by atoms with Crippen LogP contribution in [0.5, 0.6) is 0 Å². The Morgan fingerprint density at radius 3 is 2.60 bits per heavy atom. The maximum Gasteiger partial charge on any atom is 0.304 e. The first-order valence-electron chi connectivity index (χ1n) is 4.29. The minimum absolute atomic E-state index is 0.0836. The molecule has 0 saturated heterocycles. The van der Waals surface area contributed by atoms with Gasteiger partial charge in [0, 0.05) is 4.83 Å². The number of halogens is 3. The molecule has 0 aliphatic carbocycles. The molecule has 1 aromatic rings. The lowest BCUT2D eigenvalue weighted by Crippen LogP contribution is -2.09. The Morgan fingerprint density at radius 1 is 1.40 bits per heavy atom. The second-order valence-electron chi connectivity index (χ2n) is 3.15. The summed E-state index contributed by atoms with van der Waals surface area (Å²) in [6.07, 6.45) is 0.698. The highest BCUT2D eigenvalue weighted by Gasteiger charge is 2.10. The van der Waals surface area contributed by atoms with Crippen molar-refractivity contribution in [3.8, 4) is 0 Å². The van der Waals surface area contributed by atoms with Gasteiger partial charge in [0.15, 0.2) is 0 Å². The summed E-state index contributed by atoms with van der Waals surface area (Å²) in [6.45, 7) is 0. The number of alkyl halides is 1. The summed E-state index contributed by atoms with van der Waals surface area (Å²) in [7, 11) is 0. The van der Waals surface area contributed by atoms with Crippen molar-refractivity contribution < 1.29 is 9.90 Å². The summed E-state index contributed by atoms with van der Waals surface area (Å²) in [5.74, 6) is -0.822. The van der Waals surface area contributed by atoms with Gasteiger partial charge in [-0.15, -0.1) is 0 Å². The van der Waals surface area contributed by atoms with Crippen molar-refractivity contribution >= 4 is 45.1 Å². The van der Waals surface area contributed by atoms with Crippen LogP contribution in [0.4, 0.5) is 0 Å². The molecule has 0 radical (unpaired) electrons. The standard InChI is InChI=1S/C10H9BrCl2O2/c11-7(5-10(14)15)3-6-1-2-8(12)9(13)4-6/h1-2,4,7H,3,5H2,(H,14,15). The van der Waals surface area contributed by atoms with Crippen molar-refractivity contribution in [1.82, 2.24) is 0 Å². The molecule has 0 aromatic heterocycles. The molecule has 82 valence electrons. The van der Waals surface area contributed by atoms with Gasteiger partial charge in [-0.3, -0.25) is 4.79 Å². The topological polar surface area (TPSA) is 37.3 Å². The van der Waals surface area contributed by atoms with E-state index in [1.807, 2.05) is 6.07 Å². The summed E-state index contributed by atoms with van der Waals surface area (Å²) < 4.78 is 0. The maximum absolute atomic E-state index is 10.4. The third-order valence-electron chi connectivity index (χ3n) is 1.84. The van der Waals surface area contributed by atoms with E-state index >= 15 is 0 Å². The molecular weight excluding hydrogens is 303 g/mol. The first-order valence-corrected chi connectivity index (χ1v) is 5.96. The fraction of sp³-hybridized carbons (Fsp3) is 0.300. The Bertz CT molecular complexity index is 368. The van der Waals surface area contributed by atoms with Crippen LogP contribution >= 0.6 is 39.1 Å². The molecule has 1 rings (SSSR count). The fourth-order valence-electron chi connectivity index (χ4n) is 1.18. The molecular formula is C10H9BrCl2O2. The number of carbonyl (C=O) groups is 1. The molecule has 0 amide bonds. The average molecular weight is 312 g/mol. The van der Waals surface area contributed by atoms with Gasteiger partial charge in [0.05, 0.1) is 16.5 Å². The monoisotopic (exact) mass is 310 g/mol. The van der Waals surface area contributed by atoms with E-state index < -0.39 is 5.97 Å². The third-order valence-corrected chi connectivity index (χ3v) is 3.22. The van der Waals surface area contributed by atoms with Gasteiger partial charge in [-0.25, -0.2) is 0 Å². The Kier molecular flexibility index (Phi) is 4.90. The maximum atomic E-state index is 10.4. The van der Waals surface area contributed by atoms with Crippen molar-refractivity contribution in [3.05, 3.63) is 33.8 Å². The number of rotatable bonds is 4. The Morgan fingerprint density at radius 2 is 2.07 bits per heavy atom. The zero-order valence-electron chi connectivity index (χ0n) is 7.71. The van der Waals surface area contributed by atoms with Gasteiger partial charge in [-0.1, -0.05) is 45.2 Å². The van der Waals surface area contributed by atoms with E-state index in [1.165, 1.54) is 0 Å². The lowest BCUT2D eigenvalue weighted by atomic mass is 10.1. The van der Waals surface area contributed by atoms with Gasteiger partial charge >= 0.3 is 5.97 Å². The molecule has 1 aromatic carbocycles.